The average Bonchev–Trinajstić information content (AvgIpc) is 3.64. The predicted molar refractivity (Wildman–Crippen MR) is 228 cm³/mol. The van der Waals surface area contributed by atoms with E-state index in [2.05, 4.69) is 36.9 Å². The fourth-order valence-electron chi connectivity index (χ4n) is 7.15. The van der Waals surface area contributed by atoms with Gasteiger partial charge in [0.05, 0.1) is 12.5 Å². The first-order valence-electron chi connectivity index (χ1n) is 20.6. The number of H-pyrrole nitrogens is 1. The van der Waals surface area contributed by atoms with Gasteiger partial charge in [-0.05, 0) is 41.5 Å². The molecule has 0 bridgehead atoms. The van der Waals surface area contributed by atoms with Gasteiger partial charge < -0.3 is 47.4 Å². The number of carbonyl (C=O) groups is 7. The summed E-state index contributed by atoms with van der Waals surface area (Å²) < 4.78 is 5.50. The fourth-order valence-corrected chi connectivity index (χ4v) is 7.15. The second-order valence-corrected chi connectivity index (χ2v) is 15.7. The highest BCUT2D eigenvalue weighted by Gasteiger charge is 2.33. The Hall–Kier alpha value is -6.55. The van der Waals surface area contributed by atoms with Crippen LogP contribution in [0.25, 0.3) is 10.9 Å². The quantitative estimate of drug-likeness (QED) is 0.0915. The molecule has 1 aliphatic heterocycles. The highest BCUT2D eigenvalue weighted by Crippen LogP contribution is 2.20. The lowest BCUT2D eigenvalue weighted by Gasteiger charge is -2.27. The Bertz CT molecular complexity index is 2130. The first-order chi connectivity index (χ1) is 29.3. The van der Waals surface area contributed by atoms with Crippen molar-refractivity contribution in [1.29, 1.82) is 0 Å². The number of esters is 1. The third kappa shape index (κ3) is 14.6. The minimum absolute atomic E-state index is 0.0212. The van der Waals surface area contributed by atoms with Crippen molar-refractivity contribution in [2.75, 3.05) is 13.1 Å². The van der Waals surface area contributed by atoms with Crippen LogP contribution in [0.4, 0.5) is 0 Å². The van der Waals surface area contributed by atoms with Gasteiger partial charge in [0.25, 0.3) is 0 Å². The van der Waals surface area contributed by atoms with E-state index in [1.165, 1.54) is 0 Å². The van der Waals surface area contributed by atoms with E-state index in [4.69, 9.17) is 10.5 Å². The van der Waals surface area contributed by atoms with Gasteiger partial charge >= 0.3 is 5.97 Å². The van der Waals surface area contributed by atoms with Crippen molar-refractivity contribution in [1.82, 2.24) is 36.9 Å². The Labute approximate surface area is 354 Å². The molecule has 1 aromatic heterocycles. The number of primary amides is 1. The monoisotopic (exact) mass is 836 g/mol. The van der Waals surface area contributed by atoms with Crippen LogP contribution in [0.3, 0.4) is 0 Å². The maximum Gasteiger partial charge on any atom is 0.308 e. The molecule has 0 radical (unpaired) electrons. The van der Waals surface area contributed by atoms with Crippen LogP contribution in [-0.4, -0.2) is 89.7 Å². The molecule has 3 aromatic carbocycles. The molecular weight excluding hydrogens is 781 g/mol. The van der Waals surface area contributed by atoms with Crippen molar-refractivity contribution in [3.8, 4) is 0 Å². The van der Waals surface area contributed by atoms with Gasteiger partial charge in [-0.1, -0.05) is 92.7 Å². The van der Waals surface area contributed by atoms with Gasteiger partial charge in [-0.15, -0.1) is 0 Å². The second kappa shape index (κ2) is 22.7. The number of aromatic nitrogens is 1. The molecule has 0 aliphatic carbocycles. The van der Waals surface area contributed by atoms with Gasteiger partial charge in [0.1, 0.15) is 24.7 Å². The molecule has 61 heavy (non-hydrogen) atoms. The van der Waals surface area contributed by atoms with E-state index in [0.717, 1.165) is 22.0 Å². The highest BCUT2D eigenvalue weighted by molar-refractivity contribution is 5.96. The molecule has 6 amide bonds. The zero-order valence-corrected chi connectivity index (χ0v) is 34.5. The molecule has 0 spiro atoms. The molecule has 324 valence electrons. The Kier molecular flexibility index (Phi) is 17.0. The molecule has 0 unspecified atom stereocenters. The molecule has 0 saturated carbocycles. The number of nitrogens with one attached hydrogen (secondary N) is 7. The summed E-state index contributed by atoms with van der Waals surface area (Å²) in [7, 11) is 0. The topological polar surface area (TPSA) is 243 Å². The number of hydrogen-bond acceptors (Lipinski definition) is 9. The second-order valence-electron chi connectivity index (χ2n) is 15.7. The molecule has 4 aromatic rings. The normalized spacial score (nSPS) is 21.2. The number of amides is 6. The van der Waals surface area contributed by atoms with Gasteiger partial charge in [-0.25, -0.2) is 0 Å². The summed E-state index contributed by atoms with van der Waals surface area (Å²) in [5.41, 5.74) is 8.49. The summed E-state index contributed by atoms with van der Waals surface area (Å²) in [6.45, 7) is 3.93. The third-order valence-electron chi connectivity index (χ3n) is 10.3. The summed E-state index contributed by atoms with van der Waals surface area (Å²) in [5.74, 6) is -4.45. The molecule has 16 nitrogen and oxygen atoms in total. The van der Waals surface area contributed by atoms with E-state index in [-0.39, 0.29) is 63.6 Å². The Morgan fingerprint density at radius 3 is 2.02 bits per heavy atom. The zero-order valence-electron chi connectivity index (χ0n) is 34.5. The lowest BCUT2D eigenvalue weighted by atomic mass is 10.0. The number of benzene rings is 3. The molecular formula is C45H56N8O8. The lowest BCUT2D eigenvalue weighted by molar-refractivity contribution is -0.147. The van der Waals surface area contributed by atoms with Gasteiger partial charge in [0, 0.05) is 61.9 Å². The number of para-hydroxylation sites is 1. The van der Waals surface area contributed by atoms with Gasteiger partial charge in [0.15, 0.2) is 0 Å². The van der Waals surface area contributed by atoms with Crippen LogP contribution in [0, 0.1) is 5.92 Å². The smallest absolute Gasteiger partial charge is 0.308 e. The first kappa shape index (κ1) is 45.5. The van der Waals surface area contributed by atoms with Crippen LogP contribution in [0.5, 0.6) is 0 Å². The van der Waals surface area contributed by atoms with Crippen molar-refractivity contribution in [3.63, 3.8) is 0 Å². The number of hydrogen-bond donors (Lipinski definition) is 8. The van der Waals surface area contributed by atoms with Crippen LogP contribution in [0.2, 0.25) is 0 Å². The van der Waals surface area contributed by atoms with Crippen molar-refractivity contribution in [2.45, 2.75) is 95.6 Å². The minimum Gasteiger partial charge on any atom is -0.461 e. The van der Waals surface area contributed by atoms with Crippen LogP contribution >= 0.6 is 0 Å². The Balaban J connectivity index is 1.48. The zero-order chi connectivity index (χ0) is 43.7. The lowest BCUT2D eigenvalue weighted by Crippen LogP contribution is -2.59. The van der Waals surface area contributed by atoms with E-state index in [9.17, 15) is 33.6 Å². The molecule has 9 N–H and O–H groups in total. The van der Waals surface area contributed by atoms with E-state index in [0.29, 0.717) is 12.0 Å². The van der Waals surface area contributed by atoms with Gasteiger partial charge in [-0.2, -0.15) is 0 Å². The third-order valence-corrected chi connectivity index (χ3v) is 10.3. The van der Waals surface area contributed by atoms with E-state index >= 15 is 0 Å². The maximum atomic E-state index is 14.4. The van der Waals surface area contributed by atoms with E-state index in [1.54, 1.807) is 30.5 Å². The number of nitrogens with two attached hydrogens (primary N) is 1. The summed E-state index contributed by atoms with van der Waals surface area (Å²) in [6, 6.07) is 20.0. The highest BCUT2D eigenvalue weighted by atomic mass is 16.5. The molecule has 1 aliphatic rings. The minimum atomic E-state index is -1.39. The Morgan fingerprint density at radius 1 is 0.721 bits per heavy atom. The van der Waals surface area contributed by atoms with Crippen LogP contribution in [0.1, 0.15) is 62.6 Å². The maximum absolute atomic E-state index is 14.4. The first-order valence-corrected chi connectivity index (χ1v) is 20.6. The van der Waals surface area contributed by atoms with Crippen molar-refractivity contribution in [2.24, 2.45) is 11.7 Å². The number of rotatable bonds is 13. The number of fused-ring (bicyclic) bond motifs is 1. The number of ether oxygens (including phenoxy) is 1. The predicted octanol–water partition coefficient (Wildman–Crippen LogP) is 1.82. The van der Waals surface area contributed by atoms with Crippen LogP contribution in [0.15, 0.2) is 91.1 Å². The summed E-state index contributed by atoms with van der Waals surface area (Å²) in [5, 5.41) is 17.9. The molecule has 16 heteroatoms. The summed E-state index contributed by atoms with van der Waals surface area (Å²) >= 11 is 0. The van der Waals surface area contributed by atoms with E-state index in [1.807, 2.05) is 74.5 Å². The standard InChI is InChI=1S/C45H56N8O8/c1-28(2)21-32-26-49-36(24-41(56)61-27-30-13-7-4-8-14-30)44(59)51-35(17-18-39(46)54)43(58)53-38(23-31-25-48-34-16-10-9-15-33(31)34)45(60)52-37(22-29-11-5-3-6-12-29)42(57)47-20-19-40(55)50-32/h3-16,25,28,32,35-38,48-49H,17-24,26-27H2,1-2H3,(H2,46,54)(H,47,57)(H,50,55)(H,51,59)(H,52,60)(H,53,58)/t32-,35-,36-,37-,38-/m0/s1. The fraction of sp³-hybridized carbons (Fsp3) is 0.400. The van der Waals surface area contributed by atoms with Crippen LogP contribution in [-0.2, 0) is 57.7 Å². The molecule has 5 atom stereocenters. The van der Waals surface area contributed by atoms with E-state index < -0.39 is 72.1 Å². The number of carbonyl (C=O) groups excluding carboxylic acids is 7. The van der Waals surface area contributed by atoms with Crippen LogP contribution < -0.4 is 37.6 Å². The number of aromatic amines is 1. The summed E-state index contributed by atoms with van der Waals surface area (Å²) in [4.78, 5) is 98.3. The molecule has 1 saturated heterocycles. The van der Waals surface area contributed by atoms with Crippen molar-refractivity contribution in [3.05, 3.63) is 108 Å². The van der Waals surface area contributed by atoms with Crippen molar-refractivity contribution >= 4 is 52.3 Å². The SMILES string of the molecule is CC(C)C[C@H]1CN[C@@H](CC(=O)OCc2ccccc2)C(=O)N[C@@H](CCC(N)=O)C(=O)N[C@@H](Cc2c[nH]c3ccccc23)C(=O)N[C@@H](Cc2ccccc2)C(=O)NCCC(=O)N1. The van der Waals surface area contributed by atoms with Crippen molar-refractivity contribution < 1.29 is 38.3 Å². The largest absolute Gasteiger partial charge is 0.461 e. The average molecular weight is 837 g/mol. The molecule has 5 rings (SSSR count). The molecule has 1 fully saturated rings. The summed E-state index contributed by atoms with van der Waals surface area (Å²) in [6.07, 6.45) is 1.27. The Morgan fingerprint density at radius 2 is 1.33 bits per heavy atom. The van der Waals surface area contributed by atoms with Gasteiger partial charge in [-0.3, -0.25) is 33.6 Å². The van der Waals surface area contributed by atoms with Gasteiger partial charge in [0.2, 0.25) is 35.4 Å². The molecule has 2 heterocycles.